The minimum absolute atomic E-state index is 0.0216. The normalized spacial score (nSPS) is 12.5. The van der Waals surface area contributed by atoms with E-state index < -0.39 is 29.7 Å². The molecule has 8 nitrogen and oxygen atoms in total. The van der Waals surface area contributed by atoms with Crippen molar-refractivity contribution in [2.45, 2.75) is 51.8 Å². The zero-order chi connectivity index (χ0) is 30.6. The van der Waals surface area contributed by atoms with Gasteiger partial charge in [0.15, 0.2) is 0 Å². The van der Waals surface area contributed by atoms with E-state index in [9.17, 15) is 23.5 Å². The standard InChI is InChI=1S/C32H41F2N5O3/c1-5-10-39(11-6-2)32(42)25-16-24(19-36-20-25)31(41)37-29(15-23-12-26(33)17-27(34)13-23)30(40)21-35-18-22-8-7-9-28(14-22)38(3)4/h7-9,12-14,16-17,19-20,29-30,35,40H,5-6,10-11,15,18,21H2,1-4H3,(H,37,41)/t29-,30+/m0/s1. The van der Waals surface area contributed by atoms with E-state index in [-0.39, 0.29) is 35.6 Å². The number of aromatic nitrogens is 1. The Kier molecular flexibility index (Phi) is 12.4. The monoisotopic (exact) mass is 581 g/mol. The van der Waals surface area contributed by atoms with Crippen molar-refractivity contribution in [3.8, 4) is 0 Å². The van der Waals surface area contributed by atoms with Gasteiger partial charge in [-0.3, -0.25) is 14.6 Å². The molecule has 0 unspecified atom stereocenters. The number of aliphatic hydroxyl groups excluding tert-OH is 1. The maximum atomic E-state index is 13.9. The molecule has 3 aromatic rings. The Hall–Kier alpha value is -3.89. The molecule has 0 aliphatic rings. The fourth-order valence-corrected chi connectivity index (χ4v) is 4.69. The summed E-state index contributed by atoms with van der Waals surface area (Å²) in [6.45, 7) is 5.73. The molecule has 1 heterocycles. The van der Waals surface area contributed by atoms with Crippen molar-refractivity contribution in [3.63, 3.8) is 0 Å². The third-order valence-corrected chi connectivity index (χ3v) is 6.79. The molecular weight excluding hydrogens is 540 g/mol. The van der Waals surface area contributed by atoms with Crippen molar-refractivity contribution >= 4 is 17.5 Å². The second-order valence-corrected chi connectivity index (χ2v) is 10.6. The first-order valence-electron chi connectivity index (χ1n) is 14.3. The molecule has 0 saturated heterocycles. The molecule has 2 aromatic carbocycles. The number of carbonyl (C=O) groups is 2. The Morgan fingerprint density at radius 3 is 2.24 bits per heavy atom. The number of benzene rings is 2. The second kappa shape index (κ2) is 15.9. The van der Waals surface area contributed by atoms with Crippen molar-refractivity contribution in [2.75, 3.05) is 38.6 Å². The average Bonchev–Trinajstić information content (AvgIpc) is 2.96. The first kappa shape index (κ1) is 32.6. The summed E-state index contributed by atoms with van der Waals surface area (Å²) in [5.41, 5.74) is 2.76. The van der Waals surface area contributed by atoms with E-state index in [0.717, 1.165) is 30.2 Å². The fraction of sp³-hybridized carbons (Fsp3) is 0.406. The van der Waals surface area contributed by atoms with Gasteiger partial charge in [0, 0.05) is 64.4 Å². The first-order valence-corrected chi connectivity index (χ1v) is 14.3. The molecule has 0 spiro atoms. The van der Waals surface area contributed by atoms with Gasteiger partial charge < -0.3 is 25.5 Å². The highest BCUT2D eigenvalue weighted by molar-refractivity contribution is 5.99. The Labute approximate surface area is 246 Å². The number of nitrogens with one attached hydrogen (secondary N) is 2. The Bertz CT molecular complexity index is 1310. The second-order valence-electron chi connectivity index (χ2n) is 10.6. The van der Waals surface area contributed by atoms with E-state index in [1.807, 2.05) is 57.1 Å². The molecule has 3 rings (SSSR count). The van der Waals surface area contributed by atoms with Crippen molar-refractivity contribution in [2.24, 2.45) is 0 Å². The van der Waals surface area contributed by atoms with Crippen LogP contribution in [0.3, 0.4) is 0 Å². The lowest BCUT2D eigenvalue weighted by atomic mass is 10.00. The molecular formula is C32H41F2N5O3. The largest absolute Gasteiger partial charge is 0.390 e. The van der Waals surface area contributed by atoms with E-state index in [1.54, 1.807) is 4.90 Å². The summed E-state index contributed by atoms with van der Waals surface area (Å²) in [5.74, 6) is -2.27. The number of amides is 2. The summed E-state index contributed by atoms with van der Waals surface area (Å²) in [7, 11) is 3.90. The lowest BCUT2D eigenvalue weighted by Crippen LogP contribution is -2.48. The van der Waals surface area contributed by atoms with E-state index in [2.05, 4.69) is 15.6 Å². The number of rotatable bonds is 15. The van der Waals surface area contributed by atoms with E-state index in [1.165, 1.54) is 30.6 Å². The van der Waals surface area contributed by atoms with Gasteiger partial charge >= 0.3 is 0 Å². The molecule has 0 aliphatic heterocycles. The third-order valence-electron chi connectivity index (χ3n) is 6.79. The zero-order valence-corrected chi connectivity index (χ0v) is 24.7. The Morgan fingerprint density at radius 2 is 1.60 bits per heavy atom. The highest BCUT2D eigenvalue weighted by atomic mass is 19.1. The van der Waals surface area contributed by atoms with Crippen LogP contribution in [0.15, 0.2) is 60.9 Å². The lowest BCUT2D eigenvalue weighted by molar-refractivity contribution is 0.0755. The van der Waals surface area contributed by atoms with Crippen LogP contribution in [0.5, 0.6) is 0 Å². The van der Waals surface area contributed by atoms with Crippen LogP contribution in [0.1, 0.15) is 58.5 Å². The van der Waals surface area contributed by atoms with Crippen LogP contribution in [-0.2, 0) is 13.0 Å². The minimum Gasteiger partial charge on any atom is -0.390 e. The van der Waals surface area contributed by atoms with E-state index >= 15 is 0 Å². The molecule has 0 bridgehead atoms. The van der Waals surface area contributed by atoms with Gasteiger partial charge in [-0.25, -0.2) is 8.78 Å². The summed E-state index contributed by atoms with van der Waals surface area (Å²) in [5, 5.41) is 17.1. The lowest BCUT2D eigenvalue weighted by Gasteiger charge is -2.25. The molecule has 0 aliphatic carbocycles. The molecule has 2 amide bonds. The van der Waals surface area contributed by atoms with Crippen LogP contribution in [0, 0.1) is 11.6 Å². The first-order chi connectivity index (χ1) is 20.1. The fourth-order valence-electron chi connectivity index (χ4n) is 4.69. The van der Waals surface area contributed by atoms with Crippen molar-refractivity contribution in [1.29, 1.82) is 0 Å². The minimum atomic E-state index is -1.10. The van der Waals surface area contributed by atoms with Gasteiger partial charge in [-0.05, 0) is 60.7 Å². The molecule has 0 radical (unpaired) electrons. The van der Waals surface area contributed by atoms with Gasteiger partial charge in [0.05, 0.1) is 23.3 Å². The Balaban J connectivity index is 1.76. The van der Waals surface area contributed by atoms with Crippen molar-refractivity contribution in [3.05, 3.63) is 94.8 Å². The predicted octanol–water partition coefficient (Wildman–Crippen LogP) is 4.18. The number of anilines is 1. The molecule has 0 saturated carbocycles. The molecule has 2 atom stereocenters. The molecule has 3 N–H and O–H groups in total. The number of aliphatic hydroxyl groups is 1. The average molecular weight is 582 g/mol. The van der Waals surface area contributed by atoms with Gasteiger partial charge in [0.25, 0.3) is 11.8 Å². The third kappa shape index (κ3) is 9.60. The smallest absolute Gasteiger partial charge is 0.255 e. The number of hydrogen-bond donors (Lipinski definition) is 3. The van der Waals surface area contributed by atoms with Crippen LogP contribution >= 0.6 is 0 Å². The molecule has 42 heavy (non-hydrogen) atoms. The van der Waals surface area contributed by atoms with Crippen LogP contribution in [0.2, 0.25) is 0 Å². The van der Waals surface area contributed by atoms with Crippen molar-refractivity contribution < 1.29 is 23.5 Å². The summed E-state index contributed by atoms with van der Waals surface area (Å²) < 4.78 is 27.9. The number of carbonyl (C=O) groups excluding carboxylic acids is 2. The van der Waals surface area contributed by atoms with Crippen LogP contribution in [0.25, 0.3) is 0 Å². The predicted molar refractivity (Wildman–Crippen MR) is 161 cm³/mol. The molecule has 226 valence electrons. The maximum Gasteiger partial charge on any atom is 0.255 e. The Morgan fingerprint density at radius 1 is 0.929 bits per heavy atom. The van der Waals surface area contributed by atoms with Gasteiger partial charge in [0.1, 0.15) is 11.6 Å². The maximum absolute atomic E-state index is 13.9. The number of nitrogens with zero attached hydrogens (tertiary/aromatic N) is 3. The molecule has 10 heteroatoms. The van der Waals surface area contributed by atoms with Crippen LogP contribution in [-0.4, -0.2) is 72.7 Å². The highest BCUT2D eigenvalue weighted by Crippen LogP contribution is 2.15. The quantitative estimate of drug-likeness (QED) is 0.249. The van der Waals surface area contributed by atoms with Gasteiger partial charge in [-0.1, -0.05) is 26.0 Å². The molecule has 1 aromatic heterocycles. The topological polar surface area (TPSA) is 97.8 Å². The van der Waals surface area contributed by atoms with Gasteiger partial charge in [-0.15, -0.1) is 0 Å². The molecule has 0 fully saturated rings. The SMILES string of the molecule is CCCN(CCC)C(=O)c1cncc(C(=O)N[C@@H](Cc2cc(F)cc(F)c2)[C@H](O)CNCc2cccc(N(C)C)c2)c1. The number of pyridine rings is 1. The van der Waals surface area contributed by atoms with E-state index in [4.69, 9.17) is 0 Å². The van der Waals surface area contributed by atoms with Gasteiger partial charge in [-0.2, -0.15) is 0 Å². The number of halogens is 2. The van der Waals surface area contributed by atoms with E-state index in [0.29, 0.717) is 19.6 Å². The number of hydrogen-bond acceptors (Lipinski definition) is 6. The summed E-state index contributed by atoms with van der Waals surface area (Å²) in [6, 6.07) is 11.6. The highest BCUT2D eigenvalue weighted by Gasteiger charge is 2.24. The summed E-state index contributed by atoms with van der Waals surface area (Å²) in [6.07, 6.45) is 3.25. The summed E-state index contributed by atoms with van der Waals surface area (Å²) in [4.78, 5) is 34.2. The summed E-state index contributed by atoms with van der Waals surface area (Å²) >= 11 is 0. The zero-order valence-electron chi connectivity index (χ0n) is 24.7. The van der Waals surface area contributed by atoms with Crippen LogP contribution < -0.4 is 15.5 Å². The van der Waals surface area contributed by atoms with Crippen LogP contribution in [0.4, 0.5) is 14.5 Å². The van der Waals surface area contributed by atoms with Crippen molar-refractivity contribution in [1.82, 2.24) is 20.5 Å². The van der Waals surface area contributed by atoms with Gasteiger partial charge in [0.2, 0.25) is 0 Å².